The molecule has 0 bridgehead atoms. The Morgan fingerprint density at radius 3 is 2.60 bits per heavy atom. The van der Waals surface area contributed by atoms with Gasteiger partial charge in [0.1, 0.15) is 5.82 Å². The van der Waals surface area contributed by atoms with Crippen LogP contribution < -0.4 is 0 Å². The fraction of sp³-hybridized carbons (Fsp3) is 0.308. The maximum atomic E-state index is 13.3. The number of aromatic nitrogens is 2. The Labute approximate surface area is 204 Å². The SMILES string of the molecule is C=CCN(Cc1cnc(S(=O)(=O)Cc2ccc(F)cc2)n1CC1CCCO1)C(=O)c1ccccc1. The lowest BCUT2D eigenvalue weighted by molar-refractivity contribution is 0.0751. The molecule has 0 spiro atoms. The van der Waals surface area contributed by atoms with Crippen molar-refractivity contribution in [1.29, 1.82) is 0 Å². The number of sulfone groups is 1. The van der Waals surface area contributed by atoms with Gasteiger partial charge in [-0.2, -0.15) is 0 Å². The first-order chi connectivity index (χ1) is 16.9. The molecule has 1 atom stereocenters. The summed E-state index contributed by atoms with van der Waals surface area (Å²) in [7, 11) is -3.85. The fourth-order valence-electron chi connectivity index (χ4n) is 4.15. The molecule has 1 aromatic heterocycles. The van der Waals surface area contributed by atoms with Crippen molar-refractivity contribution in [3.05, 3.63) is 96.1 Å². The quantitative estimate of drug-likeness (QED) is 0.396. The summed E-state index contributed by atoms with van der Waals surface area (Å²) in [6.45, 7) is 5.15. The summed E-state index contributed by atoms with van der Waals surface area (Å²) >= 11 is 0. The van der Waals surface area contributed by atoms with Crippen LogP contribution in [0.15, 0.2) is 78.6 Å². The van der Waals surface area contributed by atoms with Gasteiger partial charge in [0, 0.05) is 18.7 Å². The molecular weight excluding hydrogens is 469 g/mol. The molecule has 1 amide bonds. The summed E-state index contributed by atoms with van der Waals surface area (Å²) in [6.07, 6.45) is 4.71. The Morgan fingerprint density at radius 2 is 1.94 bits per heavy atom. The molecule has 1 fully saturated rings. The van der Waals surface area contributed by atoms with Crippen molar-refractivity contribution in [1.82, 2.24) is 14.5 Å². The van der Waals surface area contributed by atoms with E-state index in [1.165, 1.54) is 30.5 Å². The van der Waals surface area contributed by atoms with Crippen LogP contribution in [0.1, 0.15) is 34.5 Å². The van der Waals surface area contributed by atoms with Crippen molar-refractivity contribution >= 4 is 15.7 Å². The van der Waals surface area contributed by atoms with Crippen molar-refractivity contribution in [2.75, 3.05) is 13.2 Å². The van der Waals surface area contributed by atoms with Gasteiger partial charge in [0.25, 0.3) is 5.91 Å². The topological polar surface area (TPSA) is 81.5 Å². The predicted molar refractivity (Wildman–Crippen MR) is 130 cm³/mol. The Bertz CT molecular complexity index is 1270. The zero-order chi connectivity index (χ0) is 24.8. The van der Waals surface area contributed by atoms with Crippen LogP contribution in [0.5, 0.6) is 0 Å². The monoisotopic (exact) mass is 497 g/mol. The first-order valence-electron chi connectivity index (χ1n) is 11.5. The Balaban J connectivity index is 1.66. The van der Waals surface area contributed by atoms with Gasteiger partial charge in [0.05, 0.1) is 36.8 Å². The lowest BCUT2D eigenvalue weighted by atomic mass is 10.2. The van der Waals surface area contributed by atoms with E-state index in [1.807, 2.05) is 6.07 Å². The van der Waals surface area contributed by atoms with Crippen LogP contribution in [-0.2, 0) is 33.4 Å². The molecule has 0 N–H and O–H groups in total. The summed E-state index contributed by atoms with van der Waals surface area (Å²) in [5.41, 5.74) is 1.58. The second kappa shape index (κ2) is 11.0. The van der Waals surface area contributed by atoms with E-state index in [1.54, 1.807) is 39.8 Å². The molecule has 35 heavy (non-hydrogen) atoms. The molecule has 4 rings (SSSR count). The number of carbonyl (C=O) groups excluding carboxylic acids is 1. The highest BCUT2D eigenvalue weighted by Gasteiger charge is 2.28. The molecule has 1 aliphatic rings. The number of ether oxygens (including phenoxy) is 1. The Hall–Kier alpha value is -3.30. The maximum Gasteiger partial charge on any atom is 0.254 e. The number of nitrogens with zero attached hydrogens (tertiary/aromatic N) is 3. The first kappa shape index (κ1) is 24.8. The normalized spacial score (nSPS) is 15.7. The van der Waals surface area contributed by atoms with Crippen LogP contribution in [-0.4, -0.2) is 48.0 Å². The number of amides is 1. The lowest BCUT2D eigenvalue weighted by Crippen LogP contribution is -2.32. The average Bonchev–Trinajstić information content (AvgIpc) is 3.51. The van der Waals surface area contributed by atoms with Crippen molar-refractivity contribution in [2.45, 2.75) is 42.9 Å². The number of rotatable bonds is 10. The van der Waals surface area contributed by atoms with E-state index in [2.05, 4.69) is 11.6 Å². The second-order valence-electron chi connectivity index (χ2n) is 8.50. The van der Waals surface area contributed by atoms with E-state index in [4.69, 9.17) is 4.74 Å². The van der Waals surface area contributed by atoms with E-state index in [0.29, 0.717) is 30.0 Å². The molecule has 2 heterocycles. The van der Waals surface area contributed by atoms with E-state index in [0.717, 1.165) is 12.8 Å². The minimum Gasteiger partial charge on any atom is -0.376 e. The maximum absolute atomic E-state index is 13.3. The molecule has 7 nitrogen and oxygen atoms in total. The zero-order valence-corrected chi connectivity index (χ0v) is 20.2. The number of carbonyl (C=O) groups is 1. The molecule has 1 saturated heterocycles. The van der Waals surface area contributed by atoms with Crippen molar-refractivity contribution < 1.29 is 22.3 Å². The standard InChI is InChI=1S/C26H28FN3O4S/c1-2-14-29(25(31)21-7-4-3-5-8-21)17-23-16-28-26(30(23)18-24-9-6-15-34-24)35(32,33)19-20-10-12-22(27)13-11-20/h2-5,7-8,10-13,16,24H,1,6,9,14-15,17-19H2. The first-order valence-corrected chi connectivity index (χ1v) is 13.1. The number of imidazole rings is 1. The molecule has 184 valence electrons. The highest BCUT2D eigenvalue weighted by Crippen LogP contribution is 2.23. The zero-order valence-electron chi connectivity index (χ0n) is 19.3. The summed E-state index contributed by atoms with van der Waals surface area (Å²) in [4.78, 5) is 19.0. The van der Waals surface area contributed by atoms with E-state index in [-0.39, 0.29) is 36.0 Å². The molecule has 0 radical (unpaired) electrons. The van der Waals surface area contributed by atoms with Crippen LogP contribution in [0.4, 0.5) is 4.39 Å². The van der Waals surface area contributed by atoms with Crippen LogP contribution in [0.2, 0.25) is 0 Å². The van der Waals surface area contributed by atoms with Gasteiger partial charge in [-0.25, -0.2) is 17.8 Å². The highest BCUT2D eigenvalue weighted by atomic mass is 32.2. The second-order valence-corrected chi connectivity index (χ2v) is 10.4. The van der Waals surface area contributed by atoms with Crippen molar-refractivity contribution in [3.63, 3.8) is 0 Å². The fourth-order valence-corrected chi connectivity index (χ4v) is 5.65. The summed E-state index contributed by atoms with van der Waals surface area (Å²) in [5.74, 6) is -0.931. The Morgan fingerprint density at radius 1 is 1.20 bits per heavy atom. The third kappa shape index (κ3) is 6.04. The molecule has 1 unspecified atom stereocenters. The van der Waals surface area contributed by atoms with Gasteiger partial charge >= 0.3 is 0 Å². The number of hydrogen-bond acceptors (Lipinski definition) is 5. The van der Waals surface area contributed by atoms with E-state index in [9.17, 15) is 17.6 Å². The van der Waals surface area contributed by atoms with Gasteiger partial charge in [-0.05, 0) is 42.7 Å². The van der Waals surface area contributed by atoms with Gasteiger partial charge < -0.3 is 14.2 Å². The lowest BCUT2D eigenvalue weighted by Gasteiger charge is -2.23. The minimum atomic E-state index is -3.85. The van der Waals surface area contributed by atoms with E-state index < -0.39 is 15.7 Å². The van der Waals surface area contributed by atoms with Crippen molar-refractivity contribution in [2.24, 2.45) is 0 Å². The predicted octanol–water partition coefficient (Wildman–Crippen LogP) is 4.00. The van der Waals surface area contributed by atoms with Crippen LogP contribution >= 0.6 is 0 Å². The summed E-state index contributed by atoms with van der Waals surface area (Å²) in [6, 6.07) is 14.3. The number of benzene rings is 2. The van der Waals surface area contributed by atoms with Gasteiger partial charge in [0.15, 0.2) is 0 Å². The number of halogens is 1. The summed E-state index contributed by atoms with van der Waals surface area (Å²) in [5, 5.41) is -0.0851. The molecule has 3 aromatic rings. The molecule has 0 saturated carbocycles. The number of hydrogen-bond donors (Lipinski definition) is 0. The van der Waals surface area contributed by atoms with Gasteiger partial charge in [-0.1, -0.05) is 36.4 Å². The van der Waals surface area contributed by atoms with Gasteiger partial charge in [-0.15, -0.1) is 6.58 Å². The molecule has 0 aliphatic carbocycles. The van der Waals surface area contributed by atoms with Gasteiger partial charge in [0.2, 0.25) is 15.0 Å². The largest absolute Gasteiger partial charge is 0.376 e. The minimum absolute atomic E-state index is 0.0851. The van der Waals surface area contributed by atoms with Crippen molar-refractivity contribution in [3.8, 4) is 0 Å². The summed E-state index contributed by atoms with van der Waals surface area (Å²) < 4.78 is 47.4. The smallest absolute Gasteiger partial charge is 0.254 e. The molecule has 1 aliphatic heterocycles. The molecule has 9 heteroatoms. The average molecular weight is 498 g/mol. The van der Waals surface area contributed by atoms with Crippen LogP contribution in [0, 0.1) is 5.82 Å². The third-order valence-corrected chi connectivity index (χ3v) is 7.47. The highest BCUT2D eigenvalue weighted by molar-refractivity contribution is 7.90. The molecular formula is C26H28FN3O4S. The van der Waals surface area contributed by atoms with E-state index >= 15 is 0 Å². The third-order valence-electron chi connectivity index (χ3n) is 5.87. The Kier molecular flexibility index (Phi) is 7.77. The molecule has 2 aromatic carbocycles. The van der Waals surface area contributed by atoms with Crippen LogP contribution in [0.3, 0.4) is 0 Å². The van der Waals surface area contributed by atoms with Crippen LogP contribution in [0.25, 0.3) is 0 Å². The van der Waals surface area contributed by atoms with Gasteiger partial charge in [-0.3, -0.25) is 4.79 Å².